The number of para-hydroxylation sites is 2. The van der Waals surface area contributed by atoms with E-state index in [9.17, 15) is 4.79 Å². The highest BCUT2D eigenvalue weighted by atomic mass is 35.5. The average Bonchev–Trinajstić information content (AvgIpc) is 3.47. The third-order valence-corrected chi connectivity index (χ3v) is 5.98. The van der Waals surface area contributed by atoms with Crippen molar-refractivity contribution in [2.45, 2.75) is 0 Å². The second kappa shape index (κ2) is 8.70. The highest BCUT2D eigenvalue weighted by molar-refractivity contribution is 6.33. The molecule has 0 aliphatic carbocycles. The summed E-state index contributed by atoms with van der Waals surface area (Å²) in [6.07, 6.45) is 1.77. The van der Waals surface area contributed by atoms with E-state index < -0.39 is 0 Å². The van der Waals surface area contributed by atoms with Crippen molar-refractivity contribution in [1.29, 1.82) is 0 Å². The molecule has 0 N–H and O–H groups in total. The first kappa shape index (κ1) is 21.1. The number of benzene rings is 4. The first-order valence-corrected chi connectivity index (χ1v) is 11.5. The Labute approximate surface area is 206 Å². The van der Waals surface area contributed by atoms with Crippen molar-refractivity contribution in [3.05, 3.63) is 125 Å². The zero-order valence-electron chi connectivity index (χ0n) is 18.4. The molecule has 5 nitrogen and oxygen atoms in total. The van der Waals surface area contributed by atoms with E-state index in [1.807, 2.05) is 91.0 Å². The molecule has 168 valence electrons. The Morgan fingerprint density at radius 3 is 2.23 bits per heavy atom. The van der Waals surface area contributed by atoms with Gasteiger partial charge in [0, 0.05) is 16.1 Å². The Kier molecular flexibility index (Phi) is 5.24. The predicted octanol–water partition coefficient (Wildman–Crippen LogP) is 6.98. The van der Waals surface area contributed by atoms with E-state index in [-0.39, 0.29) is 5.91 Å². The summed E-state index contributed by atoms with van der Waals surface area (Å²) in [6, 6.07) is 32.2. The number of halogens is 1. The van der Waals surface area contributed by atoms with Crippen LogP contribution in [0.1, 0.15) is 11.1 Å². The molecule has 0 saturated carbocycles. The van der Waals surface area contributed by atoms with Crippen LogP contribution in [0.25, 0.3) is 28.6 Å². The molecule has 0 radical (unpaired) electrons. The molecule has 35 heavy (non-hydrogen) atoms. The molecule has 0 spiro atoms. The van der Waals surface area contributed by atoms with Crippen LogP contribution in [0.5, 0.6) is 0 Å². The fraction of sp³-hybridized carbons (Fsp3) is 0. The lowest BCUT2D eigenvalue weighted by molar-refractivity contribution is -0.113. The highest BCUT2D eigenvalue weighted by Crippen LogP contribution is 2.31. The molecule has 0 bridgehead atoms. The van der Waals surface area contributed by atoms with Gasteiger partial charge in [0.2, 0.25) is 5.89 Å². The van der Waals surface area contributed by atoms with Crippen LogP contribution in [0, 0.1) is 0 Å². The standard InChI is InChI=1S/C29H18ClN3O2/c30-22-14-10-19(11-15-22)18-25-29(34)33(27(31-25)20-6-2-1-3-7-20)23-16-12-21(13-17-23)28-32-24-8-4-5-9-26(24)35-28/h1-18H/b25-18-. The fourth-order valence-corrected chi connectivity index (χ4v) is 4.13. The van der Waals surface area contributed by atoms with Gasteiger partial charge in [-0.05, 0) is 60.2 Å². The van der Waals surface area contributed by atoms with E-state index in [1.165, 1.54) is 0 Å². The summed E-state index contributed by atoms with van der Waals surface area (Å²) in [6.45, 7) is 0. The molecule has 1 aromatic heterocycles. The van der Waals surface area contributed by atoms with Crippen molar-refractivity contribution < 1.29 is 9.21 Å². The zero-order chi connectivity index (χ0) is 23.8. The maximum absolute atomic E-state index is 13.5. The molecule has 4 aromatic carbocycles. The molecular weight excluding hydrogens is 458 g/mol. The Morgan fingerprint density at radius 2 is 1.49 bits per heavy atom. The van der Waals surface area contributed by atoms with Gasteiger partial charge < -0.3 is 4.42 Å². The van der Waals surface area contributed by atoms with E-state index in [0.29, 0.717) is 28.1 Å². The molecule has 0 atom stereocenters. The molecule has 6 heteroatoms. The van der Waals surface area contributed by atoms with Crippen molar-refractivity contribution in [3.8, 4) is 11.5 Å². The number of nitrogens with zero attached hydrogens (tertiary/aromatic N) is 3. The Morgan fingerprint density at radius 1 is 0.771 bits per heavy atom. The largest absolute Gasteiger partial charge is 0.436 e. The minimum atomic E-state index is -0.201. The lowest BCUT2D eigenvalue weighted by Crippen LogP contribution is -2.32. The fourth-order valence-electron chi connectivity index (χ4n) is 4.00. The molecular formula is C29H18ClN3O2. The molecule has 1 aliphatic rings. The number of amides is 1. The number of oxazole rings is 1. The van der Waals surface area contributed by atoms with Crippen molar-refractivity contribution in [2.75, 3.05) is 4.90 Å². The topological polar surface area (TPSA) is 58.7 Å². The van der Waals surface area contributed by atoms with Gasteiger partial charge in [-0.15, -0.1) is 0 Å². The van der Waals surface area contributed by atoms with Gasteiger partial charge in [-0.2, -0.15) is 0 Å². The number of amidine groups is 1. The summed E-state index contributed by atoms with van der Waals surface area (Å²) in [5, 5.41) is 0.638. The van der Waals surface area contributed by atoms with Gasteiger partial charge in [-0.25, -0.2) is 9.98 Å². The van der Waals surface area contributed by atoms with Gasteiger partial charge in [0.25, 0.3) is 5.91 Å². The summed E-state index contributed by atoms with van der Waals surface area (Å²) in [5.41, 5.74) is 5.12. The number of rotatable bonds is 4. The second-order valence-corrected chi connectivity index (χ2v) is 8.49. The number of anilines is 1. The zero-order valence-corrected chi connectivity index (χ0v) is 19.2. The normalized spacial score (nSPS) is 14.7. The van der Waals surface area contributed by atoms with Crippen molar-refractivity contribution in [2.24, 2.45) is 4.99 Å². The summed E-state index contributed by atoms with van der Waals surface area (Å²) in [4.78, 5) is 24.4. The molecule has 0 fully saturated rings. The van der Waals surface area contributed by atoms with Crippen molar-refractivity contribution in [1.82, 2.24) is 4.98 Å². The van der Waals surface area contributed by atoms with E-state index >= 15 is 0 Å². The van der Waals surface area contributed by atoms with E-state index in [4.69, 9.17) is 21.0 Å². The number of aromatic nitrogens is 1. The van der Waals surface area contributed by atoms with Crippen molar-refractivity contribution in [3.63, 3.8) is 0 Å². The minimum Gasteiger partial charge on any atom is -0.436 e. The Hall–Kier alpha value is -4.48. The molecule has 0 unspecified atom stereocenters. The highest BCUT2D eigenvalue weighted by Gasteiger charge is 2.32. The van der Waals surface area contributed by atoms with Gasteiger partial charge in [-0.1, -0.05) is 66.2 Å². The van der Waals surface area contributed by atoms with E-state index in [1.54, 1.807) is 23.1 Å². The van der Waals surface area contributed by atoms with Crippen molar-refractivity contribution >= 4 is 46.2 Å². The number of hydrogen-bond acceptors (Lipinski definition) is 4. The van der Waals surface area contributed by atoms with Crippen LogP contribution in [0.3, 0.4) is 0 Å². The Bertz CT molecular complexity index is 1570. The second-order valence-electron chi connectivity index (χ2n) is 8.06. The third-order valence-electron chi connectivity index (χ3n) is 5.73. The van der Waals surface area contributed by atoms with Gasteiger partial charge in [0.05, 0.1) is 5.69 Å². The van der Waals surface area contributed by atoms with Crippen LogP contribution in [-0.4, -0.2) is 16.7 Å². The van der Waals surface area contributed by atoms with Gasteiger partial charge in [-0.3, -0.25) is 9.69 Å². The number of carbonyl (C=O) groups is 1. The molecule has 5 aromatic rings. The third kappa shape index (κ3) is 4.03. The number of fused-ring (bicyclic) bond motifs is 1. The van der Waals surface area contributed by atoms with Crippen LogP contribution in [0.4, 0.5) is 5.69 Å². The first-order chi connectivity index (χ1) is 17.2. The van der Waals surface area contributed by atoms with Crippen LogP contribution in [0.2, 0.25) is 5.02 Å². The summed E-state index contributed by atoms with van der Waals surface area (Å²) in [7, 11) is 0. The lowest BCUT2D eigenvalue weighted by Gasteiger charge is -2.18. The minimum absolute atomic E-state index is 0.201. The summed E-state index contributed by atoms with van der Waals surface area (Å²) >= 11 is 6.01. The first-order valence-electron chi connectivity index (χ1n) is 11.1. The van der Waals surface area contributed by atoms with E-state index in [2.05, 4.69) is 4.98 Å². The number of carbonyl (C=O) groups excluding carboxylic acids is 1. The number of hydrogen-bond donors (Lipinski definition) is 0. The summed E-state index contributed by atoms with van der Waals surface area (Å²) in [5.74, 6) is 0.907. The summed E-state index contributed by atoms with van der Waals surface area (Å²) < 4.78 is 5.89. The molecule has 6 rings (SSSR count). The van der Waals surface area contributed by atoms with Gasteiger partial charge in [0.15, 0.2) is 5.58 Å². The maximum atomic E-state index is 13.5. The van der Waals surface area contributed by atoms with Crippen LogP contribution >= 0.6 is 11.6 Å². The SMILES string of the molecule is O=C1/C(=C/c2ccc(Cl)cc2)N=C(c2ccccc2)N1c1ccc(-c2nc3ccccc3o2)cc1. The molecule has 2 heterocycles. The quantitative estimate of drug-likeness (QED) is 0.263. The smallest absolute Gasteiger partial charge is 0.282 e. The van der Waals surface area contributed by atoms with Crippen LogP contribution < -0.4 is 4.90 Å². The molecule has 1 aliphatic heterocycles. The predicted molar refractivity (Wildman–Crippen MR) is 139 cm³/mol. The van der Waals surface area contributed by atoms with Crippen LogP contribution in [-0.2, 0) is 4.79 Å². The average molecular weight is 476 g/mol. The van der Waals surface area contributed by atoms with Crippen LogP contribution in [0.15, 0.2) is 118 Å². The monoisotopic (exact) mass is 475 g/mol. The Balaban J connectivity index is 1.38. The van der Waals surface area contributed by atoms with Gasteiger partial charge >= 0.3 is 0 Å². The van der Waals surface area contributed by atoms with E-state index in [0.717, 1.165) is 27.8 Å². The van der Waals surface area contributed by atoms with Gasteiger partial charge in [0.1, 0.15) is 17.0 Å². The molecule has 0 saturated heterocycles. The number of aliphatic imine (C=N–C) groups is 1. The molecule has 1 amide bonds. The lowest BCUT2D eigenvalue weighted by atomic mass is 10.1. The maximum Gasteiger partial charge on any atom is 0.282 e.